The minimum atomic E-state index is -1.58. The first-order valence-electron chi connectivity index (χ1n) is 35.3. The van der Waals surface area contributed by atoms with E-state index in [1.165, 1.54) is 231 Å². The number of allylic oxidation sites excluding steroid dienone is 13. The third-order valence-electron chi connectivity index (χ3n) is 16.4. The van der Waals surface area contributed by atoms with Crippen molar-refractivity contribution in [1.82, 2.24) is 5.32 Å². The van der Waals surface area contributed by atoms with Gasteiger partial charge >= 0.3 is 0 Å². The summed E-state index contributed by atoms with van der Waals surface area (Å²) in [5.41, 5.74) is 0. The molecule has 482 valence electrons. The van der Waals surface area contributed by atoms with Crippen LogP contribution in [0, 0.1) is 0 Å². The lowest BCUT2D eigenvalue weighted by Gasteiger charge is -2.40. The van der Waals surface area contributed by atoms with E-state index in [1.54, 1.807) is 6.08 Å². The number of ether oxygens (including phenoxy) is 2. The highest BCUT2D eigenvalue weighted by Crippen LogP contribution is 2.23. The van der Waals surface area contributed by atoms with E-state index in [1.807, 2.05) is 6.08 Å². The minimum Gasteiger partial charge on any atom is -0.394 e. The summed E-state index contributed by atoms with van der Waals surface area (Å²) in [7, 11) is 0. The molecule has 0 aromatic heterocycles. The first kappa shape index (κ1) is 78.4. The molecule has 0 aromatic rings. The Balaban J connectivity index is 2.09. The van der Waals surface area contributed by atoms with Gasteiger partial charge in [0, 0.05) is 6.42 Å². The van der Waals surface area contributed by atoms with E-state index < -0.39 is 49.5 Å². The SMILES string of the molecule is CC/C=C\C/C=C\C/C=C\C/C=C\CCCCCCCCCCCCCCCCCCCCCCCCCCCCC(=O)NC(COC1OC(CO)C(O)C(O)C1O)C(O)/C=C/CC/C=C/CC/C=C/CCCCCCCCCCCCC. The molecule has 1 heterocycles. The number of nitrogens with one attached hydrogen (secondary N) is 1. The first-order chi connectivity index (χ1) is 40.8. The molecule has 7 unspecified atom stereocenters. The standard InChI is InChI=1S/C74H133NO8/c1-3-5-7-9-11-13-15-17-19-21-23-25-26-27-28-29-30-31-32-33-34-35-36-37-38-39-40-41-42-44-46-48-50-52-54-56-58-60-62-64-70(78)75-67(66-82-74-73(81)72(80)71(79)69(65-76)83-74)68(77)63-61-59-57-55-53-51-49-47-45-43-24-22-20-18-16-14-12-10-8-6-4-2/h5,7,11,13,17,19,23,25,45,47,53,55,61,63,67-69,71-74,76-77,79-81H,3-4,6,8-10,12,14-16,18,20-22,24,26-44,46,48-52,54,56-60,62,64-66H2,1-2H3,(H,75,78)/b7-5-,13-11-,19-17-,25-23-,47-45+,55-53+,63-61+. The van der Waals surface area contributed by atoms with Gasteiger partial charge in [-0.2, -0.15) is 0 Å². The fourth-order valence-electron chi connectivity index (χ4n) is 10.9. The number of amides is 1. The Morgan fingerprint density at radius 3 is 1.16 bits per heavy atom. The molecule has 0 saturated carbocycles. The molecule has 9 heteroatoms. The third-order valence-corrected chi connectivity index (χ3v) is 16.4. The van der Waals surface area contributed by atoms with Crippen molar-refractivity contribution in [2.75, 3.05) is 13.2 Å². The molecule has 0 aromatic carbocycles. The minimum absolute atomic E-state index is 0.187. The predicted molar refractivity (Wildman–Crippen MR) is 355 cm³/mol. The van der Waals surface area contributed by atoms with Crippen LogP contribution in [-0.2, 0) is 14.3 Å². The smallest absolute Gasteiger partial charge is 0.220 e. The van der Waals surface area contributed by atoms with E-state index in [-0.39, 0.29) is 12.5 Å². The van der Waals surface area contributed by atoms with Crippen molar-refractivity contribution in [3.63, 3.8) is 0 Å². The molecular formula is C74H133NO8. The lowest BCUT2D eigenvalue weighted by molar-refractivity contribution is -0.302. The van der Waals surface area contributed by atoms with Crippen LogP contribution in [0.3, 0.4) is 0 Å². The van der Waals surface area contributed by atoms with Gasteiger partial charge < -0.3 is 40.3 Å². The molecule has 9 nitrogen and oxygen atoms in total. The number of aliphatic hydroxyl groups excluding tert-OH is 5. The lowest BCUT2D eigenvalue weighted by atomic mass is 9.99. The van der Waals surface area contributed by atoms with Gasteiger partial charge in [0.25, 0.3) is 0 Å². The topological polar surface area (TPSA) is 149 Å². The van der Waals surface area contributed by atoms with Crippen LogP contribution < -0.4 is 5.32 Å². The predicted octanol–water partition coefficient (Wildman–Crippen LogP) is 19.3. The van der Waals surface area contributed by atoms with Crippen LogP contribution in [0.15, 0.2) is 85.1 Å². The highest BCUT2D eigenvalue weighted by Gasteiger charge is 2.44. The summed E-state index contributed by atoms with van der Waals surface area (Å²) >= 11 is 0. The molecule has 1 saturated heterocycles. The van der Waals surface area contributed by atoms with Gasteiger partial charge in [0.15, 0.2) is 6.29 Å². The normalized spacial score (nSPS) is 18.8. The Morgan fingerprint density at radius 1 is 0.422 bits per heavy atom. The Hall–Kier alpha value is -2.63. The number of rotatable bonds is 61. The Kier molecular flexibility index (Phi) is 59.0. The summed E-state index contributed by atoms with van der Waals surface area (Å²) in [4.78, 5) is 13.1. The largest absolute Gasteiger partial charge is 0.394 e. The number of unbranched alkanes of at least 4 members (excludes halogenated alkanes) is 39. The second-order valence-electron chi connectivity index (χ2n) is 24.3. The average Bonchev–Trinajstić information content (AvgIpc) is 3.60. The first-order valence-corrected chi connectivity index (χ1v) is 35.3. The van der Waals surface area contributed by atoms with E-state index in [0.717, 1.165) is 70.6 Å². The summed E-state index contributed by atoms with van der Waals surface area (Å²) in [6.45, 7) is 3.67. The van der Waals surface area contributed by atoms with E-state index in [0.29, 0.717) is 6.42 Å². The number of carbonyl (C=O) groups is 1. The Labute approximate surface area is 511 Å². The maximum absolute atomic E-state index is 13.1. The quantitative estimate of drug-likeness (QED) is 0.0261. The van der Waals surface area contributed by atoms with Crippen LogP contribution in [0.4, 0.5) is 0 Å². The fourth-order valence-corrected chi connectivity index (χ4v) is 10.9. The zero-order valence-electron chi connectivity index (χ0n) is 53.9. The summed E-state index contributed by atoms with van der Waals surface area (Å²) in [5, 5.41) is 54.7. The van der Waals surface area contributed by atoms with Gasteiger partial charge in [-0.25, -0.2) is 0 Å². The molecule has 1 rings (SSSR count). The van der Waals surface area contributed by atoms with Crippen molar-refractivity contribution in [2.45, 2.75) is 365 Å². The van der Waals surface area contributed by atoms with Gasteiger partial charge in [0.1, 0.15) is 24.4 Å². The molecule has 0 radical (unpaired) electrons. The van der Waals surface area contributed by atoms with Gasteiger partial charge in [-0.15, -0.1) is 0 Å². The number of hydrogen-bond donors (Lipinski definition) is 6. The molecular weight excluding hydrogens is 1030 g/mol. The van der Waals surface area contributed by atoms with Crippen molar-refractivity contribution in [2.24, 2.45) is 0 Å². The Morgan fingerprint density at radius 2 is 0.759 bits per heavy atom. The van der Waals surface area contributed by atoms with Crippen LogP contribution in [0.25, 0.3) is 0 Å². The van der Waals surface area contributed by atoms with Gasteiger partial charge in [0.2, 0.25) is 5.91 Å². The monoisotopic (exact) mass is 1160 g/mol. The Bertz CT molecular complexity index is 1590. The molecule has 7 atom stereocenters. The van der Waals surface area contributed by atoms with Crippen molar-refractivity contribution >= 4 is 5.91 Å². The highest BCUT2D eigenvalue weighted by atomic mass is 16.7. The molecule has 1 amide bonds. The van der Waals surface area contributed by atoms with Crippen LogP contribution in [-0.4, -0.2) is 87.5 Å². The van der Waals surface area contributed by atoms with Crippen LogP contribution >= 0.6 is 0 Å². The van der Waals surface area contributed by atoms with Gasteiger partial charge in [-0.1, -0.05) is 317 Å². The molecule has 0 bridgehead atoms. The summed E-state index contributed by atoms with van der Waals surface area (Å²) in [5.74, 6) is -0.187. The maximum atomic E-state index is 13.1. The highest BCUT2D eigenvalue weighted by molar-refractivity contribution is 5.76. The summed E-state index contributed by atoms with van der Waals surface area (Å²) < 4.78 is 11.3. The van der Waals surface area contributed by atoms with Crippen LogP contribution in [0.5, 0.6) is 0 Å². The summed E-state index contributed by atoms with van der Waals surface area (Å²) in [6, 6.07) is -0.831. The molecule has 0 aliphatic carbocycles. The molecule has 1 aliphatic rings. The zero-order valence-corrected chi connectivity index (χ0v) is 53.9. The second-order valence-corrected chi connectivity index (χ2v) is 24.3. The number of hydrogen-bond acceptors (Lipinski definition) is 8. The number of carbonyl (C=O) groups excluding carboxylic acids is 1. The molecule has 6 N–H and O–H groups in total. The van der Waals surface area contributed by atoms with Gasteiger partial charge in [-0.3, -0.25) is 4.79 Å². The number of aliphatic hydroxyl groups is 5. The molecule has 1 aliphatic heterocycles. The summed E-state index contributed by atoms with van der Waals surface area (Å²) in [6.07, 6.45) is 82.8. The third kappa shape index (κ3) is 51.2. The van der Waals surface area contributed by atoms with E-state index in [9.17, 15) is 30.3 Å². The molecule has 83 heavy (non-hydrogen) atoms. The zero-order chi connectivity index (χ0) is 60.0. The fraction of sp³-hybridized carbons (Fsp3) is 0.797. The lowest BCUT2D eigenvalue weighted by Crippen LogP contribution is -2.60. The second kappa shape index (κ2) is 62.4. The van der Waals surface area contributed by atoms with Crippen LogP contribution in [0.1, 0.15) is 322 Å². The maximum Gasteiger partial charge on any atom is 0.220 e. The van der Waals surface area contributed by atoms with E-state index >= 15 is 0 Å². The van der Waals surface area contributed by atoms with Gasteiger partial charge in [0.05, 0.1) is 25.4 Å². The van der Waals surface area contributed by atoms with Crippen molar-refractivity contribution < 1.29 is 39.8 Å². The molecule has 1 fully saturated rings. The molecule has 0 spiro atoms. The van der Waals surface area contributed by atoms with Crippen LogP contribution in [0.2, 0.25) is 0 Å². The average molecular weight is 1160 g/mol. The van der Waals surface area contributed by atoms with Gasteiger partial charge in [-0.05, 0) is 83.5 Å². The van der Waals surface area contributed by atoms with Crippen molar-refractivity contribution in [3.8, 4) is 0 Å². The van der Waals surface area contributed by atoms with E-state index in [4.69, 9.17) is 9.47 Å². The van der Waals surface area contributed by atoms with E-state index in [2.05, 4.69) is 92.1 Å². The van der Waals surface area contributed by atoms with Crippen molar-refractivity contribution in [3.05, 3.63) is 85.1 Å². The van der Waals surface area contributed by atoms with Crippen molar-refractivity contribution in [1.29, 1.82) is 0 Å².